The number of nitrogens with one attached hydrogen (secondary N) is 2. The van der Waals surface area contributed by atoms with Crippen LogP contribution in [0.25, 0.3) is 0 Å². The van der Waals surface area contributed by atoms with Gasteiger partial charge in [0.15, 0.2) is 0 Å². The Kier molecular flexibility index (Phi) is 3.58. The summed E-state index contributed by atoms with van der Waals surface area (Å²) in [6, 6.07) is 1.68. The third-order valence-electron chi connectivity index (χ3n) is 3.23. The molecule has 1 unspecified atom stereocenters. The molecule has 4 N–H and O–H groups in total. The number of amides is 1. The van der Waals surface area contributed by atoms with Crippen LogP contribution in [0.2, 0.25) is 0 Å². The Morgan fingerprint density at radius 2 is 2.41 bits per heavy atom. The molecule has 1 aromatic rings. The van der Waals surface area contributed by atoms with Gasteiger partial charge in [-0.15, -0.1) is 0 Å². The number of rotatable bonds is 5. The van der Waals surface area contributed by atoms with E-state index in [-0.39, 0.29) is 5.91 Å². The molecule has 1 heterocycles. The van der Waals surface area contributed by atoms with Crippen LogP contribution in [0.15, 0.2) is 18.5 Å². The Bertz CT molecular complexity index is 403. The molecule has 1 aliphatic carbocycles. The lowest BCUT2D eigenvalue weighted by Gasteiger charge is -2.12. The Morgan fingerprint density at radius 1 is 1.65 bits per heavy atom. The van der Waals surface area contributed by atoms with Gasteiger partial charge in [-0.1, -0.05) is 6.92 Å². The smallest absolute Gasteiger partial charge is 0.255 e. The van der Waals surface area contributed by atoms with Crippen molar-refractivity contribution in [1.82, 2.24) is 10.3 Å². The van der Waals surface area contributed by atoms with E-state index in [0.717, 1.165) is 5.92 Å². The fourth-order valence-corrected chi connectivity index (χ4v) is 1.88. The third kappa shape index (κ3) is 2.94. The van der Waals surface area contributed by atoms with E-state index in [1.54, 1.807) is 12.3 Å². The number of carbonyl (C=O) groups is 1. The first-order chi connectivity index (χ1) is 8.22. The molecule has 1 saturated carbocycles. The maximum absolute atomic E-state index is 11.9. The van der Waals surface area contributed by atoms with Crippen molar-refractivity contribution in [1.29, 1.82) is 0 Å². The average Bonchev–Trinajstić information content (AvgIpc) is 3.19. The van der Waals surface area contributed by atoms with Crippen LogP contribution in [0, 0.1) is 11.8 Å². The second kappa shape index (κ2) is 5.14. The number of pyridine rings is 1. The van der Waals surface area contributed by atoms with E-state index in [0.29, 0.717) is 23.7 Å². The maximum atomic E-state index is 11.9. The SMILES string of the molecule is CC(CNC(=O)c1cnccc1NN)C1CC1. The number of hydrogen-bond acceptors (Lipinski definition) is 4. The zero-order chi connectivity index (χ0) is 12.3. The zero-order valence-electron chi connectivity index (χ0n) is 9.94. The standard InChI is InChI=1S/C12H18N4O/c1-8(9-2-3-9)6-15-12(17)10-7-14-5-4-11(10)16-13/h4-5,7-9H,2-3,6,13H2,1H3,(H,14,16)(H,15,17). The van der Waals surface area contributed by atoms with Gasteiger partial charge in [-0.2, -0.15) is 0 Å². The van der Waals surface area contributed by atoms with Crippen molar-refractivity contribution in [3.05, 3.63) is 24.0 Å². The fourth-order valence-electron chi connectivity index (χ4n) is 1.88. The van der Waals surface area contributed by atoms with Crippen LogP contribution in [0.5, 0.6) is 0 Å². The van der Waals surface area contributed by atoms with E-state index in [2.05, 4.69) is 22.7 Å². The first-order valence-corrected chi connectivity index (χ1v) is 5.91. The highest BCUT2D eigenvalue weighted by Gasteiger charge is 2.28. The summed E-state index contributed by atoms with van der Waals surface area (Å²) in [5.41, 5.74) is 3.58. The molecule has 0 saturated heterocycles. The molecule has 17 heavy (non-hydrogen) atoms. The number of hydrazine groups is 1. The van der Waals surface area contributed by atoms with E-state index in [1.165, 1.54) is 19.0 Å². The number of nitrogens with two attached hydrogens (primary N) is 1. The van der Waals surface area contributed by atoms with E-state index < -0.39 is 0 Å². The molecule has 0 aromatic carbocycles. The summed E-state index contributed by atoms with van der Waals surface area (Å²) in [5, 5.41) is 2.92. The molecule has 1 fully saturated rings. The van der Waals surface area contributed by atoms with Gasteiger partial charge in [0.25, 0.3) is 5.91 Å². The number of hydrogen-bond donors (Lipinski definition) is 3. The van der Waals surface area contributed by atoms with Crippen LogP contribution in [0.1, 0.15) is 30.1 Å². The quantitative estimate of drug-likeness (QED) is 0.527. The van der Waals surface area contributed by atoms with Crippen LogP contribution in [-0.2, 0) is 0 Å². The molecule has 1 amide bonds. The molecule has 5 heteroatoms. The van der Waals surface area contributed by atoms with Crippen LogP contribution < -0.4 is 16.6 Å². The second-order valence-corrected chi connectivity index (χ2v) is 4.59. The van der Waals surface area contributed by atoms with Crippen molar-refractivity contribution in [2.45, 2.75) is 19.8 Å². The Labute approximate surface area is 101 Å². The lowest BCUT2D eigenvalue weighted by atomic mass is 10.1. The largest absolute Gasteiger partial charge is 0.352 e. The number of aromatic nitrogens is 1. The Hall–Kier alpha value is -1.62. The van der Waals surface area contributed by atoms with Crippen molar-refractivity contribution in [3.8, 4) is 0 Å². The molecular weight excluding hydrogens is 216 g/mol. The van der Waals surface area contributed by atoms with Crippen molar-refractivity contribution >= 4 is 11.6 Å². The summed E-state index contributed by atoms with van der Waals surface area (Å²) in [5.74, 6) is 6.55. The van der Waals surface area contributed by atoms with E-state index in [4.69, 9.17) is 5.84 Å². The summed E-state index contributed by atoms with van der Waals surface area (Å²) in [6.45, 7) is 2.88. The Morgan fingerprint density at radius 3 is 3.06 bits per heavy atom. The molecule has 5 nitrogen and oxygen atoms in total. The Balaban J connectivity index is 1.94. The number of nitrogens with zero attached hydrogens (tertiary/aromatic N) is 1. The third-order valence-corrected chi connectivity index (χ3v) is 3.23. The monoisotopic (exact) mass is 234 g/mol. The molecular formula is C12H18N4O. The molecule has 1 atom stereocenters. The van der Waals surface area contributed by atoms with Gasteiger partial charge < -0.3 is 10.7 Å². The summed E-state index contributed by atoms with van der Waals surface area (Å²) in [4.78, 5) is 15.9. The molecule has 1 aliphatic rings. The first kappa shape index (κ1) is 11.9. The van der Waals surface area contributed by atoms with Gasteiger partial charge in [-0.25, -0.2) is 0 Å². The van der Waals surface area contributed by atoms with Crippen LogP contribution in [0.4, 0.5) is 5.69 Å². The van der Waals surface area contributed by atoms with Gasteiger partial charge in [0.2, 0.25) is 0 Å². The molecule has 1 aromatic heterocycles. The van der Waals surface area contributed by atoms with Crippen LogP contribution in [0.3, 0.4) is 0 Å². The summed E-state index contributed by atoms with van der Waals surface area (Å²) in [7, 11) is 0. The predicted octanol–water partition coefficient (Wildman–Crippen LogP) is 1.14. The highest BCUT2D eigenvalue weighted by atomic mass is 16.1. The second-order valence-electron chi connectivity index (χ2n) is 4.59. The van der Waals surface area contributed by atoms with Crippen LogP contribution in [-0.4, -0.2) is 17.4 Å². The van der Waals surface area contributed by atoms with Gasteiger partial charge >= 0.3 is 0 Å². The average molecular weight is 234 g/mol. The lowest BCUT2D eigenvalue weighted by Crippen LogP contribution is -2.30. The molecule has 92 valence electrons. The van der Waals surface area contributed by atoms with Gasteiger partial charge in [0.05, 0.1) is 11.3 Å². The highest BCUT2D eigenvalue weighted by molar-refractivity contribution is 5.99. The van der Waals surface area contributed by atoms with Gasteiger partial charge in [0.1, 0.15) is 0 Å². The maximum Gasteiger partial charge on any atom is 0.255 e. The van der Waals surface area contributed by atoms with Gasteiger partial charge in [0, 0.05) is 18.9 Å². The van der Waals surface area contributed by atoms with Crippen molar-refractivity contribution in [2.24, 2.45) is 17.7 Å². The number of anilines is 1. The normalized spacial score (nSPS) is 16.4. The molecule has 0 spiro atoms. The van der Waals surface area contributed by atoms with E-state index in [1.807, 2.05) is 0 Å². The fraction of sp³-hybridized carbons (Fsp3) is 0.500. The molecule has 0 aliphatic heterocycles. The van der Waals surface area contributed by atoms with E-state index in [9.17, 15) is 4.79 Å². The molecule has 2 rings (SSSR count). The van der Waals surface area contributed by atoms with Crippen LogP contribution >= 0.6 is 0 Å². The molecule has 0 bridgehead atoms. The van der Waals surface area contributed by atoms with E-state index >= 15 is 0 Å². The van der Waals surface area contributed by atoms with Crippen molar-refractivity contribution < 1.29 is 4.79 Å². The topological polar surface area (TPSA) is 80.0 Å². The summed E-state index contributed by atoms with van der Waals surface area (Å²) >= 11 is 0. The zero-order valence-corrected chi connectivity index (χ0v) is 9.94. The lowest BCUT2D eigenvalue weighted by molar-refractivity contribution is 0.0947. The van der Waals surface area contributed by atoms with Gasteiger partial charge in [-0.3, -0.25) is 15.6 Å². The molecule has 0 radical (unpaired) electrons. The van der Waals surface area contributed by atoms with Crippen molar-refractivity contribution in [2.75, 3.05) is 12.0 Å². The van der Waals surface area contributed by atoms with Gasteiger partial charge in [-0.05, 0) is 30.7 Å². The highest BCUT2D eigenvalue weighted by Crippen LogP contribution is 2.36. The van der Waals surface area contributed by atoms with Crippen molar-refractivity contribution in [3.63, 3.8) is 0 Å². The first-order valence-electron chi connectivity index (χ1n) is 5.91. The summed E-state index contributed by atoms with van der Waals surface area (Å²) in [6.07, 6.45) is 5.70. The predicted molar refractivity (Wildman–Crippen MR) is 66.3 cm³/mol. The minimum atomic E-state index is -0.126. The summed E-state index contributed by atoms with van der Waals surface area (Å²) < 4.78 is 0. The minimum Gasteiger partial charge on any atom is -0.352 e. The number of nitrogen functional groups attached to an aromatic ring is 1. The minimum absolute atomic E-state index is 0.126. The number of carbonyl (C=O) groups excluding carboxylic acids is 1.